The monoisotopic (exact) mass is 330 g/mol. The third kappa shape index (κ3) is 5.53. The quantitative estimate of drug-likeness (QED) is 0.790. The van der Waals surface area contributed by atoms with E-state index < -0.39 is 0 Å². The molecule has 21 heavy (non-hydrogen) atoms. The minimum atomic E-state index is 0.276. The molecule has 0 aliphatic carbocycles. The van der Waals surface area contributed by atoms with Crippen molar-refractivity contribution in [1.82, 2.24) is 10.2 Å². The summed E-state index contributed by atoms with van der Waals surface area (Å²) >= 11 is 7.74. The minimum Gasteiger partial charge on any atom is -0.374 e. The van der Waals surface area contributed by atoms with Gasteiger partial charge in [-0.2, -0.15) is 0 Å². The van der Waals surface area contributed by atoms with Crippen molar-refractivity contribution in [2.24, 2.45) is 0 Å². The number of hydrogen-bond donors (Lipinski definition) is 1. The van der Waals surface area contributed by atoms with Crippen molar-refractivity contribution in [3.8, 4) is 0 Å². The molecular weight excluding hydrogens is 304 g/mol. The molecule has 1 saturated heterocycles. The standard InChI is InChI=1S/C16H27ClN2OS/c1-3-7-18-14(11-13-5-6-16(17)21-13)15-12-19(8-4-2)9-10-20-15/h5-6,14-15,18H,3-4,7-12H2,1-2H3. The van der Waals surface area contributed by atoms with Crippen molar-refractivity contribution in [3.05, 3.63) is 21.3 Å². The molecule has 1 aliphatic rings. The molecule has 0 radical (unpaired) electrons. The fourth-order valence-electron chi connectivity index (χ4n) is 2.84. The number of morpholine rings is 1. The van der Waals surface area contributed by atoms with Crippen LogP contribution < -0.4 is 5.32 Å². The molecule has 2 rings (SSSR count). The zero-order valence-corrected chi connectivity index (χ0v) is 14.7. The van der Waals surface area contributed by atoms with E-state index in [1.165, 1.54) is 17.8 Å². The molecule has 0 spiro atoms. The lowest BCUT2D eigenvalue weighted by atomic mass is 10.0. The van der Waals surface area contributed by atoms with Gasteiger partial charge in [-0.3, -0.25) is 4.90 Å². The first kappa shape index (κ1) is 17.2. The van der Waals surface area contributed by atoms with E-state index in [-0.39, 0.29) is 6.10 Å². The summed E-state index contributed by atoms with van der Waals surface area (Å²) < 4.78 is 6.93. The highest BCUT2D eigenvalue weighted by molar-refractivity contribution is 7.16. The van der Waals surface area contributed by atoms with Gasteiger partial charge in [0.15, 0.2) is 0 Å². The van der Waals surface area contributed by atoms with E-state index in [2.05, 4.69) is 30.1 Å². The van der Waals surface area contributed by atoms with E-state index in [1.54, 1.807) is 11.3 Å². The van der Waals surface area contributed by atoms with Crippen molar-refractivity contribution in [2.45, 2.75) is 45.3 Å². The summed E-state index contributed by atoms with van der Waals surface area (Å²) in [6.45, 7) is 9.61. The van der Waals surface area contributed by atoms with Crippen molar-refractivity contribution in [3.63, 3.8) is 0 Å². The second-order valence-electron chi connectivity index (χ2n) is 5.68. The topological polar surface area (TPSA) is 24.5 Å². The second-order valence-corrected chi connectivity index (χ2v) is 7.48. The molecule has 120 valence electrons. The Morgan fingerprint density at radius 1 is 1.43 bits per heavy atom. The Hall–Kier alpha value is -0.130. The Bertz CT molecular complexity index is 411. The van der Waals surface area contributed by atoms with Gasteiger partial charge in [-0.05, 0) is 44.5 Å². The zero-order valence-electron chi connectivity index (χ0n) is 13.1. The Kier molecular flexibility index (Phi) is 7.47. The van der Waals surface area contributed by atoms with Crippen LogP contribution in [0.2, 0.25) is 4.34 Å². The molecule has 0 saturated carbocycles. The number of rotatable bonds is 8. The third-order valence-corrected chi connectivity index (χ3v) is 5.13. The highest BCUT2D eigenvalue weighted by Gasteiger charge is 2.28. The predicted octanol–water partition coefficient (Wildman–Crippen LogP) is 3.42. The second kappa shape index (κ2) is 9.11. The molecule has 2 heterocycles. The minimum absolute atomic E-state index is 0.276. The molecule has 5 heteroatoms. The van der Waals surface area contributed by atoms with Crippen LogP contribution in [0, 0.1) is 0 Å². The summed E-state index contributed by atoms with van der Waals surface area (Å²) in [4.78, 5) is 3.86. The molecule has 0 amide bonds. The molecule has 2 unspecified atom stereocenters. The fourth-order valence-corrected chi connectivity index (χ4v) is 3.98. The van der Waals surface area contributed by atoms with Crippen LogP contribution in [0.4, 0.5) is 0 Å². The number of thiophene rings is 1. The molecule has 0 bridgehead atoms. The molecule has 1 fully saturated rings. The highest BCUT2D eigenvalue weighted by atomic mass is 35.5. The van der Waals surface area contributed by atoms with E-state index in [9.17, 15) is 0 Å². The summed E-state index contributed by atoms with van der Waals surface area (Å²) in [5.41, 5.74) is 0. The first-order chi connectivity index (χ1) is 10.2. The molecule has 1 aromatic rings. The van der Waals surface area contributed by atoms with Crippen molar-refractivity contribution in [2.75, 3.05) is 32.8 Å². The normalized spacial score (nSPS) is 21.6. The van der Waals surface area contributed by atoms with Gasteiger partial charge in [-0.15, -0.1) is 11.3 Å². The number of halogens is 1. The number of hydrogen-bond acceptors (Lipinski definition) is 4. The van der Waals surface area contributed by atoms with Crippen LogP contribution in [0.1, 0.15) is 31.6 Å². The SMILES string of the molecule is CCCNC(Cc1ccc(Cl)s1)C1CN(CCC)CCO1. The van der Waals surface area contributed by atoms with E-state index in [4.69, 9.17) is 16.3 Å². The van der Waals surface area contributed by atoms with Gasteiger partial charge in [0.25, 0.3) is 0 Å². The van der Waals surface area contributed by atoms with Crippen LogP contribution in [0.15, 0.2) is 12.1 Å². The van der Waals surface area contributed by atoms with Crippen LogP contribution in [0.3, 0.4) is 0 Å². The average molecular weight is 331 g/mol. The lowest BCUT2D eigenvalue weighted by Gasteiger charge is -2.37. The predicted molar refractivity (Wildman–Crippen MR) is 91.6 cm³/mol. The van der Waals surface area contributed by atoms with Crippen LogP contribution in [-0.4, -0.2) is 49.8 Å². The molecule has 1 aromatic heterocycles. The van der Waals surface area contributed by atoms with Gasteiger partial charge in [-0.1, -0.05) is 25.4 Å². The van der Waals surface area contributed by atoms with E-state index in [1.807, 2.05) is 6.07 Å². The van der Waals surface area contributed by atoms with Gasteiger partial charge in [0.2, 0.25) is 0 Å². The van der Waals surface area contributed by atoms with Gasteiger partial charge in [0, 0.05) is 24.0 Å². The Balaban J connectivity index is 1.96. The smallest absolute Gasteiger partial charge is 0.0931 e. The number of ether oxygens (including phenoxy) is 1. The maximum atomic E-state index is 6.06. The van der Waals surface area contributed by atoms with E-state index in [0.717, 1.165) is 43.4 Å². The Labute approximate surface area is 137 Å². The Morgan fingerprint density at radius 2 is 2.29 bits per heavy atom. The summed E-state index contributed by atoms with van der Waals surface area (Å²) in [5, 5.41) is 3.67. The molecule has 1 aliphatic heterocycles. The van der Waals surface area contributed by atoms with Crippen LogP contribution in [-0.2, 0) is 11.2 Å². The van der Waals surface area contributed by atoms with Gasteiger partial charge in [0.05, 0.1) is 17.0 Å². The fraction of sp³-hybridized carbons (Fsp3) is 0.750. The van der Waals surface area contributed by atoms with Crippen LogP contribution in [0.5, 0.6) is 0 Å². The van der Waals surface area contributed by atoms with E-state index in [0.29, 0.717) is 6.04 Å². The van der Waals surface area contributed by atoms with E-state index >= 15 is 0 Å². The lowest BCUT2D eigenvalue weighted by Crippen LogP contribution is -2.53. The summed E-state index contributed by atoms with van der Waals surface area (Å²) in [5.74, 6) is 0. The molecule has 3 nitrogen and oxygen atoms in total. The maximum absolute atomic E-state index is 6.06. The lowest BCUT2D eigenvalue weighted by molar-refractivity contribution is -0.0460. The molecular formula is C16H27ClN2OS. The zero-order chi connectivity index (χ0) is 15.1. The van der Waals surface area contributed by atoms with Crippen LogP contribution >= 0.6 is 22.9 Å². The van der Waals surface area contributed by atoms with Crippen molar-refractivity contribution < 1.29 is 4.74 Å². The molecule has 0 aromatic carbocycles. The largest absolute Gasteiger partial charge is 0.374 e. The summed E-state index contributed by atoms with van der Waals surface area (Å²) in [6, 6.07) is 4.50. The first-order valence-electron chi connectivity index (χ1n) is 8.04. The number of nitrogens with zero attached hydrogens (tertiary/aromatic N) is 1. The molecule has 1 N–H and O–H groups in total. The van der Waals surface area contributed by atoms with Crippen LogP contribution in [0.25, 0.3) is 0 Å². The van der Waals surface area contributed by atoms with Gasteiger partial charge >= 0.3 is 0 Å². The first-order valence-corrected chi connectivity index (χ1v) is 9.24. The highest BCUT2D eigenvalue weighted by Crippen LogP contribution is 2.24. The van der Waals surface area contributed by atoms with Gasteiger partial charge in [-0.25, -0.2) is 0 Å². The Morgan fingerprint density at radius 3 is 2.95 bits per heavy atom. The summed E-state index contributed by atoms with van der Waals surface area (Å²) in [6.07, 6.45) is 3.63. The summed E-state index contributed by atoms with van der Waals surface area (Å²) in [7, 11) is 0. The van der Waals surface area contributed by atoms with Crippen molar-refractivity contribution in [1.29, 1.82) is 0 Å². The van der Waals surface area contributed by atoms with Crippen molar-refractivity contribution >= 4 is 22.9 Å². The number of nitrogens with one attached hydrogen (secondary N) is 1. The van der Waals surface area contributed by atoms with Gasteiger partial charge < -0.3 is 10.1 Å². The van der Waals surface area contributed by atoms with Gasteiger partial charge in [0.1, 0.15) is 0 Å². The maximum Gasteiger partial charge on any atom is 0.0931 e. The molecule has 2 atom stereocenters. The third-order valence-electron chi connectivity index (χ3n) is 3.87. The average Bonchev–Trinajstić information content (AvgIpc) is 2.89.